The standard InChI is InChI=1S/C20H23Cl2N3O/c21-17-12-18(22)14-19(13-17)23-20(26)15-25-10-8-24(9-11-25)7-6-16-4-2-1-3-5-16/h1-5,12-14H,6-11,15H2,(H,23,26). The second-order valence-electron chi connectivity index (χ2n) is 6.56. The van der Waals surface area contributed by atoms with Crippen LogP contribution < -0.4 is 5.32 Å². The Bertz CT molecular complexity index is 711. The summed E-state index contributed by atoms with van der Waals surface area (Å²) in [5, 5.41) is 3.89. The van der Waals surface area contributed by atoms with Gasteiger partial charge in [0, 0.05) is 48.5 Å². The predicted octanol–water partition coefficient (Wildman–Crippen LogP) is 3.79. The largest absolute Gasteiger partial charge is 0.325 e. The highest BCUT2D eigenvalue weighted by Crippen LogP contribution is 2.22. The lowest BCUT2D eigenvalue weighted by Crippen LogP contribution is -2.49. The zero-order valence-corrected chi connectivity index (χ0v) is 16.1. The van der Waals surface area contributed by atoms with Gasteiger partial charge in [-0.15, -0.1) is 0 Å². The van der Waals surface area contributed by atoms with Crippen LogP contribution in [0.25, 0.3) is 0 Å². The van der Waals surface area contributed by atoms with E-state index in [-0.39, 0.29) is 5.91 Å². The van der Waals surface area contributed by atoms with Crippen molar-refractivity contribution in [2.24, 2.45) is 0 Å². The Balaban J connectivity index is 1.40. The van der Waals surface area contributed by atoms with Gasteiger partial charge in [0.1, 0.15) is 0 Å². The lowest BCUT2D eigenvalue weighted by Gasteiger charge is -2.34. The molecule has 0 aliphatic carbocycles. The molecule has 1 saturated heterocycles. The van der Waals surface area contributed by atoms with Crippen LogP contribution in [-0.2, 0) is 11.2 Å². The van der Waals surface area contributed by atoms with E-state index in [4.69, 9.17) is 23.2 Å². The molecule has 1 N–H and O–H groups in total. The maximum atomic E-state index is 12.2. The van der Waals surface area contributed by atoms with Crippen molar-refractivity contribution in [2.75, 3.05) is 44.6 Å². The molecule has 3 rings (SSSR count). The monoisotopic (exact) mass is 391 g/mol. The van der Waals surface area contributed by atoms with Crippen LogP contribution in [0.15, 0.2) is 48.5 Å². The lowest BCUT2D eigenvalue weighted by molar-refractivity contribution is -0.117. The first-order chi connectivity index (χ1) is 12.6. The van der Waals surface area contributed by atoms with Gasteiger partial charge in [-0.1, -0.05) is 53.5 Å². The molecule has 2 aromatic carbocycles. The number of hydrogen-bond donors (Lipinski definition) is 1. The van der Waals surface area contributed by atoms with Gasteiger partial charge in [0.05, 0.1) is 6.54 Å². The van der Waals surface area contributed by atoms with Crippen molar-refractivity contribution < 1.29 is 4.79 Å². The van der Waals surface area contributed by atoms with Crippen molar-refractivity contribution in [3.05, 3.63) is 64.1 Å². The number of halogens is 2. The molecule has 1 amide bonds. The van der Waals surface area contributed by atoms with Crippen LogP contribution in [0.2, 0.25) is 10.0 Å². The number of nitrogens with zero attached hydrogens (tertiary/aromatic N) is 2. The Hall–Kier alpha value is -1.59. The van der Waals surface area contributed by atoms with Crippen molar-refractivity contribution in [1.29, 1.82) is 0 Å². The van der Waals surface area contributed by atoms with Crippen LogP contribution in [0.5, 0.6) is 0 Å². The fourth-order valence-corrected chi connectivity index (χ4v) is 3.66. The SMILES string of the molecule is O=C(CN1CCN(CCc2ccccc2)CC1)Nc1cc(Cl)cc(Cl)c1. The van der Waals surface area contributed by atoms with E-state index in [2.05, 4.69) is 39.4 Å². The smallest absolute Gasteiger partial charge is 0.238 e. The summed E-state index contributed by atoms with van der Waals surface area (Å²) in [5.41, 5.74) is 2.00. The average molecular weight is 392 g/mol. The summed E-state index contributed by atoms with van der Waals surface area (Å²) >= 11 is 11.9. The van der Waals surface area contributed by atoms with Crippen LogP contribution in [-0.4, -0.2) is 55.0 Å². The van der Waals surface area contributed by atoms with Crippen LogP contribution in [0.3, 0.4) is 0 Å². The summed E-state index contributed by atoms with van der Waals surface area (Å²) < 4.78 is 0. The fourth-order valence-electron chi connectivity index (χ4n) is 3.13. The minimum absolute atomic E-state index is 0.0407. The maximum absolute atomic E-state index is 12.2. The number of hydrogen-bond acceptors (Lipinski definition) is 3. The molecule has 1 fully saturated rings. The molecule has 1 heterocycles. The second-order valence-corrected chi connectivity index (χ2v) is 7.43. The van der Waals surface area contributed by atoms with E-state index in [0.717, 1.165) is 39.1 Å². The summed E-state index contributed by atoms with van der Waals surface area (Å²) in [6.07, 6.45) is 1.07. The highest BCUT2D eigenvalue weighted by atomic mass is 35.5. The number of benzene rings is 2. The van der Waals surface area contributed by atoms with Gasteiger partial charge >= 0.3 is 0 Å². The van der Waals surface area contributed by atoms with E-state index in [1.54, 1.807) is 18.2 Å². The minimum atomic E-state index is -0.0407. The minimum Gasteiger partial charge on any atom is -0.325 e. The topological polar surface area (TPSA) is 35.6 Å². The number of nitrogens with one attached hydrogen (secondary N) is 1. The molecule has 0 unspecified atom stereocenters. The van der Waals surface area contributed by atoms with Gasteiger partial charge < -0.3 is 10.2 Å². The number of rotatable bonds is 6. The number of piperazine rings is 1. The highest BCUT2D eigenvalue weighted by Gasteiger charge is 2.18. The van der Waals surface area contributed by atoms with E-state index in [1.807, 2.05) is 6.07 Å². The summed E-state index contributed by atoms with van der Waals surface area (Å²) in [6, 6.07) is 15.6. The van der Waals surface area contributed by atoms with Crippen LogP contribution in [0.1, 0.15) is 5.56 Å². The predicted molar refractivity (Wildman–Crippen MR) is 108 cm³/mol. The Labute approximate surface area is 164 Å². The highest BCUT2D eigenvalue weighted by molar-refractivity contribution is 6.35. The maximum Gasteiger partial charge on any atom is 0.238 e. The van der Waals surface area contributed by atoms with Gasteiger partial charge in [-0.2, -0.15) is 0 Å². The molecule has 2 aromatic rings. The molecule has 0 saturated carbocycles. The molecule has 1 aliphatic heterocycles. The van der Waals surface area contributed by atoms with Gasteiger partial charge in [-0.25, -0.2) is 0 Å². The van der Waals surface area contributed by atoms with Crippen molar-refractivity contribution in [1.82, 2.24) is 9.80 Å². The molecule has 0 radical (unpaired) electrons. The first-order valence-electron chi connectivity index (χ1n) is 8.83. The van der Waals surface area contributed by atoms with Crippen molar-refractivity contribution in [3.8, 4) is 0 Å². The molecule has 26 heavy (non-hydrogen) atoms. The molecule has 4 nitrogen and oxygen atoms in total. The summed E-state index contributed by atoms with van der Waals surface area (Å²) in [7, 11) is 0. The van der Waals surface area contributed by atoms with E-state index < -0.39 is 0 Å². The lowest BCUT2D eigenvalue weighted by atomic mass is 10.1. The van der Waals surface area contributed by atoms with Gasteiger partial charge in [-0.05, 0) is 30.2 Å². The molecule has 0 bridgehead atoms. The Morgan fingerprint density at radius 3 is 2.19 bits per heavy atom. The molecule has 6 heteroatoms. The van der Waals surface area contributed by atoms with Crippen LogP contribution in [0, 0.1) is 0 Å². The summed E-state index contributed by atoms with van der Waals surface area (Å²) in [6.45, 7) is 5.23. The van der Waals surface area contributed by atoms with Gasteiger partial charge in [0.25, 0.3) is 0 Å². The third-order valence-corrected chi connectivity index (χ3v) is 4.97. The molecular weight excluding hydrogens is 369 g/mol. The van der Waals surface area contributed by atoms with Gasteiger partial charge in [-0.3, -0.25) is 9.69 Å². The van der Waals surface area contributed by atoms with Crippen molar-refractivity contribution in [3.63, 3.8) is 0 Å². The number of anilines is 1. The average Bonchev–Trinajstić information content (AvgIpc) is 2.61. The molecule has 0 atom stereocenters. The second kappa shape index (κ2) is 9.38. The molecule has 0 spiro atoms. The quantitative estimate of drug-likeness (QED) is 0.813. The van der Waals surface area contributed by atoms with Gasteiger partial charge in [0.15, 0.2) is 0 Å². The van der Waals surface area contributed by atoms with Gasteiger partial charge in [0.2, 0.25) is 5.91 Å². The van der Waals surface area contributed by atoms with Crippen LogP contribution >= 0.6 is 23.2 Å². The van der Waals surface area contributed by atoms with E-state index >= 15 is 0 Å². The van der Waals surface area contributed by atoms with Crippen molar-refractivity contribution in [2.45, 2.75) is 6.42 Å². The number of carbonyl (C=O) groups is 1. The Morgan fingerprint density at radius 1 is 0.923 bits per heavy atom. The van der Waals surface area contributed by atoms with Crippen molar-refractivity contribution >= 4 is 34.8 Å². The van der Waals surface area contributed by atoms with E-state index in [9.17, 15) is 4.79 Å². The Kier molecular flexibility index (Phi) is 6.92. The third-order valence-electron chi connectivity index (χ3n) is 4.54. The first-order valence-corrected chi connectivity index (χ1v) is 9.59. The van der Waals surface area contributed by atoms with E-state index in [0.29, 0.717) is 22.3 Å². The Morgan fingerprint density at radius 2 is 1.54 bits per heavy atom. The summed E-state index contributed by atoms with van der Waals surface area (Å²) in [5.74, 6) is -0.0407. The number of carbonyl (C=O) groups excluding carboxylic acids is 1. The summed E-state index contributed by atoms with van der Waals surface area (Å²) in [4.78, 5) is 16.9. The first kappa shape index (κ1) is 19.2. The molecule has 1 aliphatic rings. The fraction of sp³-hybridized carbons (Fsp3) is 0.350. The molecule has 138 valence electrons. The van der Waals surface area contributed by atoms with E-state index in [1.165, 1.54) is 5.56 Å². The molecular formula is C20H23Cl2N3O. The molecule has 0 aromatic heterocycles. The van der Waals surface area contributed by atoms with Crippen LogP contribution in [0.4, 0.5) is 5.69 Å². The zero-order chi connectivity index (χ0) is 18.4. The number of amides is 1. The zero-order valence-electron chi connectivity index (χ0n) is 14.6. The third kappa shape index (κ3) is 5.99. The normalized spacial score (nSPS) is 15.8.